The first-order valence-corrected chi connectivity index (χ1v) is 16.1. The lowest BCUT2D eigenvalue weighted by Crippen LogP contribution is -2.33. The Balaban J connectivity index is -0.000000800. The zero-order valence-corrected chi connectivity index (χ0v) is 29.3. The third kappa shape index (κ3) is 20.2. The first kappa shape index (κ1) is 45.9. The van der Waals surface area contributed by atoms with Gasteiger partial charge >= 0.3 is 0 Å². The van der Waals surface area contributed by atoms with Gasteiger partial charge in [0.15, 0.2) is 6.29 Å². The van der Waals surface area contributed by atoms with Crippen molar-refractivity contribution in [2.45, 2.75) is 33.7 Å². The van der Waals surface area contributed by atoms with Crippen LogP contribution in [0.25, 0.3) is 0 Å². The van der Waals surface area contributed by atoms with Crippen LogP contribution in [0, 0.1) is 6.92 Å². The summed E-state index contributed by atoms with van der Waals surface area (Å²) in [6.07, 6.45) is 8.51. The van der Waals surface area contributed by atoms with E-state index in [2.05, 4.69) is 48.1 Å². The molecule has 1 unspecified atom stereocenters. The predicted octanol–water partition coefficient (Wildman–Crippen LogP) is 3.23. The number of anilines is 1. The number of ether oxygens (including phenoxy) is 2. The summed E-state index contributed by atoms with van der Waals surface area (Å²) in [7, 11) is 6.94. The molecule has 2 aromatic rings. The van der Waals surface area contributed by atoms with Crippen molar-refractivity contribution in [1.82, 2.24) is 15.1 Å². The average molecular weight is 653 g/mol. The van der Waals surface area contributed by atoms with Crippen LogP contribution in [-0.2, 0) is 26.8 Å². The summed E-state index contributed by atoms with van der Waals surface area (Å²) in [5.41, 5.74) is 13.5. The Morgan fingerprint density at radius 3 is 2.24 bits per heavy atom. The molecule has 5 N–H and O–H groups in total. The molecule has 256 valence electrons. The zero-order valence-electron chi connectivity index (χ0n) is 28.5. The summed E-state index contributed by atoms with van der Waals surface area (Å²) < 4.78 is 16.5. The topological polar surface area (TPSA) is 180 Å². The standard InChI is InChI=1S/C19H31N5O2S.C7H10N2O.C3H8O.CH5N.CH2O/c1-21-15-24(9-6-5-8-20)19-17(22-2)12-16(14-25)13-18(19)26-10-7-11-27(4)23-3;1-3-9-7(5-10)4-6(2)8-9;1-3-4-2;2*1-2/h5-6,12-14,21H,2,7-11,15,20H2,1,3-4H3;4-5H,3H2,1-2H3;3H2,1-2H3;2H2,1H3;1H2/b6-5+;;;;. The molecule has 0 aliphatic carbocycles. The van der Waals surface area contributed by atoms with E-state index in [-0.39, 0.29) is 10.7 Å². The van der Waals surface area contributed by atoms with Gasteiger partial charge in [-0.05, 0) is 72.5 Å². The fourth-order valence-corrected chi connectivity index (χ4v) is 4.13. The Hall–Kier alpha value is -3.56. The second kappa shape index (κ2) is 31.9. The molecular weight excluding hydrogens is 596 g/mol. The molecule has 1 aromatic carbocycles. The molecule has 2 rings (SSSR count). The zero-order chi connectivity index (χ0) is 35.0. The van der Waals surface area contributed by atoms with Crippen molar-refractivity contribution in [1.29, 1.82) is 0 Å². The SMILES string of the molecule is C=Nc1cc(C=O)cc(OCCCS(C)=NC)c1N(C/C=C/CN)CNC.C=O.CCOC.CCn1nc(C)cc1C=O.CN. The first-order valence-electron chi connectivity index (χ1n) is 14.3. The van der Waals surface area contributed by atoms with E-state index in [0.29, 0.717) is 49.1 Å². The number of hydrogen-bond acceptors (Lipinski definition) is 12. The lowest BCUT2D eigenvalue weighted by molar-refractivity contribution is -0.0980. The third-order valence-corrected chi connectivity index (χ3v) is 6.98. The molecule has 0 aliphatic rings. The highest BCUT2D eigenvalue weighted by molar-refractivity contribution is 7.86. The van der Waals surface area contributed by atoms with Gasteiger partial charge in [-0.1, -0.05) is 12.2 Å². The van der Waals surface area contributed by atoms with Crippen molar-refractivity contribution in [2.24, 2.45) is 20.8 Å². The molecule has 0 saturated carbocycles. The quantitative estimate of drug-likeness (QED) is 0.0801. The van der Waals surface area contributed by atoms with Gasteiger partial charge in [-0.3, -0.25) is 23.6 Å². The largest absolute Gasteiger partial charge is 0.491 e. The van der Waals surface area contributed by atoms with E-state index < -0.39 is 0 Å². The molecule has 14 heteroatoms. The number of benzene rings is 1. The number of aryl methyl sites for hydroxylation is 2. The molecular formula is C31H56N8O5S. The lowest BCUT2D eigenvalue weighted by Gasteiger charge is -2.27. The molecule has 0 fully saturated rings. The van der Waals surface area contributed by atoms with E-state index in [1.165, 1.54) is 7.05 Å². The van der Waals surface area contributed by atoms with E-state index in [0.717, 1.165) is 49.3 Å². The molecule has 45 heavy (non-hydrogen) atoms. The van der Waals surface area contributed by atoms with Gasteiger partial charge in [0, 0.05) is 51.7 Å². The van der Waals surface area contributed by atoms with Crippen LogP contribution in [0.5, 0.6) is 5.75 Å². The summed E-state index contributed by atoms with van der Waals surface area (Å²) >= 11 is 0. The van der Waals surface area contributed by atoms with Crippen LogP contribution in [-0.4, -0.2) is 109 Å². The van der Waals surface area contributed by atoms with Crippen molar-refractivity contribution in [3.8, 4) is 5.75 Å². The van der Waals surface area contributed by atoms with Crippen LogP contribution in [0.1, 0.15) is 46.8 Å². The van der Waals surface area contributed by atoms with Crippen LogP contribution in [0.3, 0.4) is 0 Å². The van der Waals surface area contributed by atoms with Gasteiger partial charge in [0.05, 0.1) is 24.7 Å². The van der Waals surface area contributed by atoms with Gasteiger partial charge in [0.2, 0.25) is 0 Å². The molecule has 1 heterocycles. The minimum Gasteiger partial charge on any atom is -0.491 e. The molecule has 0 aliphatic heterocycles. The first-order chi connectivity index (χ1) is 21.8. The predicted molar refractivity (Wildman–Crippen MR) is 190 cm³/mol. The van der Waals surface area contributed by atoms with Crippen LogP contribution in [0.2, 0.25) is 0 Å². The second-order valence-electron chi connectivity index (χ2n) is 8.51. The van der Waals surface area contributed by atoms with Crippen molar-refractivity contribution < 1.29 is 23.9 Å². The van der Waals surface area contributed by atoms with E-state index in [4.69, 9.17) is 15.3 Å². The van der Waals surface area contributed by atoms with Crippen molar-refractivity contribution in [2.75, 3.05) is 78.1 Å². The second-order valence-corrected chi connectivity index (χ2v) is 10.5. The number of carbonyl (C=O) groups is 3. The monoisotopic (exact) mass is 652 g/mol. The lowest BCUT2D eigenvalue weighted by atomic mass is 10.1. The minimum absolute atomic E-state index is 0.0495. The maximum atomic E-state index is 11.3. The number of methoxy groups -OCH3 is 1. The number of hydrogen-bond donors (Lipinski definition) is 3. The van der Waals surface area contributed by atoms with E-state index in [1.807, 2.05) is 53.8 Å². The Morgan fingerprint density at radius 2 is 1.80 bits per heavy atom. The Kier molecular flexibility index (Phi) is 32.5. The van der Waals surface area contributed by atoms with Gasteiger partial charge in [0.1, 0.15) is 30.2 Å². The van der Waals surface area contributed by atoms with Crippen molar-refractivity contribution in [3.05, 3.63) is 47.3 Å². The van der Waals surface area contributed by atoms with Crippen molar-refractivity contribution in [3.63, 3.8) is 0 Å². The highest BCUT2D eigenvalue weighted by Crippen LogP contribution is 2.39. The number of nitrogens with two attached hydrogens (primary N) is 2. The molecule has 1 atom stereocenters. The number of rotatable bonds is 16. The summed E-state index contributed by atoms with van der Waals surface area (Å²) in [4.78, 5) is 35.9. The highest BCUT2D eigenvalue weighted by Gasteiger charge is 2.17. The summed E-state index contributed by atoms with van der Waals surface area (Å²) in [5, 5.41) is 7.24. The fourth-order valence-electron chi connectivity index (χ4n) is 3.41. The van der Waals surface area contributed by atoms with Gasteiger partial charge in [0.25, 0.3) is 0 Å². The number of carbonyl (C=O) groups excluding carboxylic acids is 3. The number of aromatic nitrogens is 2. The Labute approximate surface area is 272 Å². The summed E-state index contributed by atoms with van der Waals surface area (Å²) in [6, 6.07) is 5.25. The van der Waals surface area contributed by atoms with Gasteiger partial charge in [-0.25, -0.2) is 0 Å². The van der Waals surface area contributed by atoms with E-state index in [9.17, 15) is 9.59 Å². The third-order valence-electron chi connectivity index (χ3n) is 5.47. The van der Waals surface area contributed by atoms with Gasteiger partial charge < -0.3 is 36.0 Å². The smallest absolute Gasteiger partial charge is 0.168 e. The maximum Gasteiger partial charge on any atom is 0.168 e. The molecule has 13 nitrogen and oxygen atoms in total. The van der Waals surface area contributed by atoms with Crippen LogP contribution in [0.4, 0.5) is 11.4 Å². The van der Waals surface area contributed by atoms with E-state index in [1.54, 1.807) is 30.0 Å². The summed E-state index contributed by atoms with van der Waals surface area (Å²) in [5.74, 6) is 1.61. The molecule has 0 bridgehead atoms. The van der Waals surface area contributed by atoms with Crippen LogP contribution >= 0.6 is 0 Å². The fraction of sp³-hybridized carbons (Fsp3) is 0.516. The average Bonchev–Trinajstić information content (AvgIpc) is 3.47. The minimum atomic E-state index is 0.0495. The van der Waals surface area contributed by atoms with Crippen LogP contribution in [0.15, 0.2) is 39.7 Å². The molecule has 0 spiro atoms. The maximum absolute atomic E-state index is 11.3. The number of aldehydes is 2. The number of nitrogens with zero attached hydrogens (tertiary/aromatic N) is 5. The normalized spacial score (nSPS) is 10.4. The molecule has 0 saturated heterocycles. The Bertz CT molecular complexity index is 1120. The van der Waals surface area contributed by atoms with Gasteiger partial charge in [-0.2, -0.15) is 5.10 Å². The van der Waals surface area contributed by atoms with Gasteiger partial charge in [-0.15, -0.1) is 10.7 Å². The van der Waals surface area contributed by atoms with Crippen LogP contribution < -0.4 is 26.4 Å². The number of aliphatic imine (C=N–C) groups is 1. The Morgan fingerprint density at radius 1 is 1.16 bits per heavy atom. The van der Waals surface area contributed by atoms with E-state index >= 15 is 0 Å². The van der Waals surface area contributed by atoms with Crippen molar-refractivity contribution >= 4 is 48.1 Å². The summed E-state index contributed by atoms with van der Waals surface area (Å²) in [6.45, 7) is 15.3. The number of nitrogens with one attached hydrogen (secondary N) is 1. The highest BCUT2D eigenvalue weighted by atomic mass is 32.2. The molecule has 0 amide bonds. The molecule has 1 aromatic heterocycles. The molecule has 0 radical (unpaired) electrons.